The zero-order chi connectivity index (χ0) is 17.9. The summed E-state index contributed by atoms with van der Waals surface area (Å²) in [5.74, 6) is 0. The van der Waals surface area contributed by atoms with Crippen molar-refractivity contribution < 1.29 is 8.42 Å². The number of hydrogen-bond donors (Lipinski definition) is 1. The number of pyridine rings is 1. The molecule has 0 amide bonds. The minimum absolute atomic E-state index is 0.248. The van der Waals surface area contributed by atoms with Gasteiger partial charge in [-0.05, 0) is 31.9 Å². The molecule has 0 aliphatic rings. The van der Waals surface area contributed by atoms with Crippen LogP contribution in [0, 0.1) is 0 Å². The standard InChI is InChI=1S/C19H34N2O2S/c1-4-6-8-9-11-15-19(3,14-10-7-5-2)21-24(22,23)18-13-12-16-20-17-18/h12-13,16-17,21H,4-11,14-15H2,1-3H3. The maximum Gasteiger partial charge on any atom is 0.242 e. The lowest BCUT2D eigenvalue weighted by Gasteiger charge is -2.31. The lowest BCUT2D eigenvalue weighted by molar-refractivity contribution is 0.333. The molecule has 138 valence electrons. The summed E-state index contributed by atoms with van der Waals surface area (Å²) < 4.78 is 28.3. The fourth-order valence-corrected chi connectivity index (χ4v) is 4.43. The van der Waals surface area contributed by atoms with Crippen molar-refractivity contribution in [2.45, 2.75) is 95.4 Å². The Balaban J connectivity index is 2.72. The normalized spacial score (nSPS) is 14.5. The summed E-state index contributed by atoms with van der Waals surface area (Å²) in [6.45, 7) is 6.43. The molecule has 0 bridgehead atoms. The highest BCUT2D eigenvalue weighted by Gasteiger charge is 2.29. The van der Waals surface area contributed by atoms with Crippen molar-refractivity contribution >= 4 is 10.0 Å². The summed E-state index contributed by atoms with van der Waals surface area (Å²) in [6.07, 6.45) is 14.1. The van der Waals surface area contributed by atoms with Crippen LogP contribution in [0.2, 0.25) is 0 Å². The smallest absolute Gasteiger partial charge is 0.242 e. The van der Waals surface area contributed by atoms with Gasteiger partial charge in [0, 0.05) is 17.9 Å². The zero-order valence-electron chi connectivity index (χ0n) is 15.6. The number of rotatable bonds is 13. The molecule has 1 rings (SSSR count). The molecule has 0 aliphatic carbocycles. The maximum absolute atomic E-state index is 12.7. The van der Waals surface area contributed by atoms with Gasteiger partial charge in [0.1, 0.15) is 4.90 Å². The van der Waals surface area contributed by atoms with Gasteiger partial charge < -0.3 is 0 Å². The predicted octanol–water partition coefficient (Wildman–Crippen LogP) is 5.06. The highest BCUT2D eigenvalue weighted by Crippen LogP contribution is 2.25. The topological polar surface area (TPSA) is 59.1 Å². The van der Waals surface area contributed by atoms with Gasteiger partial charge in [-0.2, -0.15) is 0 Å². The van der Waals surface area contributed by atoms with Crippen LogP contribution in [0.1, 0.15) is 85.0 Å². The van der Waals surface area contributed by atoms with Crippen molar-refractivity contribution in [1.82, 2.24) is 9.71 Å². The van der Waals surface area contributed by atoms with Crippen LogP contribution in [-0.4, -0.2) is 18.9 Å². The quantitative estimate of drug-likeness (QED) is 0.504. The molecule has 1 aromatic rings. The summed E-state index contributed by atoms with van der Waals surface area (Å²) in [5.41, 5.74) is -0.379. The van der Waals surface area contributed by atoms with E-state index < -0.39 is 10.0 Å². The van der Waals surface area contributed by atoms with Gasteiger partial charge in [-0.3, -0.25) is 4.98 Å². The van der Waals surface area contributed by atoms with E-state index in [1.165, 1.54) is 31.9 Å². The summed E-state index contributed by atoms with van der Waals surface area (Å²) in [7, 11) is -3.51. The Bertz CT molecular complexity index is 546. The molecular formula is C19H34N2O2S. The Hall–Kier alpha value is -0.940. The van der Waals surface area contributed by atoms with Gasteiger partial charge >= 0.3 is 0 Å². The number of aromatic nitrogens is 1. The van der Waals surface area contributed by atoms with Gasteiger partial charge in [-0.15, -0.1) is 0 Å². The number of unbranched alkanes of at least 4 members (excludes halogenated alkanes) is 6. The molecule has 1 unspecified atom stereocenters. The van der Waals surface area contributed by atoms with Crippen LogP contribution in [0.5, 0.6) is 0 Å². The van der Waals surface area contributed by atoms with Crippen molar-refractivity contribution in [1.29, 1.82) is 0 Å². The third-order valence-corrected chi connectivity index (χ3v) is 6.11. The monoisotopic (exact) mass is 354 g/mol. The summed E-state index contributed by atoms with van der Waals surface area (Å²) in [4.78, 5) is 4.18. The van der Waals surface area contributed by atoms with Gasteiger partial charge in [0.15, 0.2) is 0 Å². The number of nitrogens with one attached hydrogen (secondary N) is 1. The molecule has 1 heterocycles. The van der Waals surface area contributed by atoms with Gasteiger partial charge in [0.2, 0.25) is 10.0 Å². The van der Waals surface area contributed by atoms with Crippen LogP contribution in [0.3, 0.4) is 0 Å². The molecule has 4 nitrogen and oxygen atoms in total. The van der Waals surface area contributed by atoms with E-state index in [-0.39, 0.29) is 10.4 Å². The lowest BCUT2D eigenvalue weighted by Crippen LogP contribution is -2.45. The second-order valence-corrected chi connectivity index (χ2v) is 8.66. The second kappa shape index (κ2) is 10.8. The van der Waals surface area contributed by atoms with Crippen molar-refractivity contribution in [2.24, 2.45) is 0 Å². The first-order valence-electron chi connectivity index (χ1n) is 9.37. The molecule has 0 spiro atoms. The Labute approximate surface area is 148 Å². The van der Waals surface area contributed by atoms with Crippen LogP contribution >= 0.6 is 0 Å². The minimum atomic E-state index is -3.51. The van der Waals surface area contributed by atoms with Crippen LogP contribution in [-0.2, 0) is 10.0 Å². The predicted molar refractivity (Wildman–Crippen MR) is 100 cm³/mol. The molecule has 24 heavy (non-hydrogen) atoms. The summed E-state index contributed by atoms with van der Waals surface area (Å²) in [5, 5.41) is 0. The van der Waals surface area contributed by atoms with Gasteiger partial charge in [0.05, 0.1) is 0 Å². The molecule has 0 radical (unpaired) electrons. The first kappa shape index (κ1) is 21.1. The molecule has 1 aromatic heterocycles. The Kier molecular flexibility index (Phi) is 9.52. The molecule has 1 N–H and O–H groups in total. The second-order valence-electron chi connectivity index (χ2n) is 6.98. The summed E-state index contributed by atoms with van der Waals surface area (Å²) >= 11 is 0. The molecular weight excluding hydrogens is 320 g/mol. The number of hydrogen-bond acceptors (Lipinski definition) is 3. The fraction of sp³-hybridized carbons (Fsp3) is 0.737. The van der Waals surface area contributed by atoms with E-state index in [2.05, 4.69) is 30.5 Å². The fourth-order valence-electron chi connectivity index (χ4n) is 3.00. The zero-order valence-corrected chi connectivity index (χ0v) is 16.4. The maximum atomic E-state index is 12.7. The van der Waals surface area contributed by atoms with E-state index in [1.54, 1.807) is 18.3 Å². The van der Waals surface area contributed by atoms with Crippen molar-refractivity contribution in [3.8, 4) is 0 Å². The molecule has 0 saturated carbocycles. The number of nitrogens with zero attached hydrogens (tertiary/aromatic N) is 1. The molecule has 0 fully saturated rings. The molecule has 1 atom stereocenters. The number of sulfonamides is 1. The Morgan fingerprint density at radius 3 is 2.17 bits per heavy atom. The Morgan fingerprint density at radius 1 is 1.00 bits per heavy atom. The average Bonchev–Trinajstić information content (AvgIpc) is 2.55. The van der Waals surface area contributed by atoms with E-state index in [1.807, 2.05) is 0 Å². The Morgan fingerprint density at radius 2 is 1.58 bits per heavy atom. The average molecular weight is 355 g/mol. The van der Waals surface area contributed by atoms with E-state index in [9.17, 15) is 8.42 Å². The van der Waals surface area contributed by atoms with Crippen LogP contribution in [0.4, 0.5) is 0 Å². The first-order chi connectivity index (χ1) is 11.4. The van der Waals surface area contributed by atoms with Crippen LogP contribution < -0.4 is 4.72 Å². The van der Waals surface area contributed by atoms with Crippen molar-refractivity contribution in [3.05, 3.63) is 24.5 Å². The largest absolute Gasteiger partial charge is 0.263 e. The van der Waals surface area contributed by atoms with E-state index in [0.717, 1.165) is 38.5 Å². The van der Waals surface area contributed by atoms with Crippen molar-refractivity contribution in [2.75, 3.05) is 0 Å². The highest BCUT2D eigenvalue weighted by atomic mass is 32.2. The molecule has 0 aromatic carbocycles. The van der Waals surface area contributed by atoms with Gasteiger partial charge in [-0.25, -0.2) is 13.1 Å². The van der Waals surface area contributed by atoms with Crippen LogP contribution in [0.25, 0.3) is 0 Å². The SMILES string of the molecule is CCCCCCCC(C)(CCCCC)NS(=O)(=O)c1cccnc1. The van der Waals surface area contributed by atoms with Crippen LogP contribution in [0.15, 0.2) is 29.4 Å². The highest BCUT2D eigenvalue weighted by molar-refractivity contribution is 7.89. The first-order valence-corrected chi connectivity index (χ1v) is 10.9. The van der Waals surface area contributed by atoms with E-state index in [0.29, 0.717) is 0 Å². The molecule has 5 heteroatoms. The lowest BCUT2D eigenvalue weighted by atomic mass is 9.89. The third kappa shape index (κ3) is 7.75. The van der Waals surface area contributed by atoms with E-state index >= 15 is 0 Å². The third-order valence-electron chi connectivity index (χ3n) is 4.49. The van der Waals surface area contributed by atoms with E-state index in [4.69, 9.17) is 0 Å². The summed E-state index contributed by atoms with van der Waals surface area (Å²) in [6, 6.07) is 3.26. The molecule has 0 saturated heterocycles. The minimum Gasteiger partial charge on any atom is -0.263 e. The molecule has 0 aliphatic heterocycles. The van der Waals surface area contributed by atoms with Gasteiger partial charge in [-0.1, -0.05) is 65.2 Å². The van der Waals surface area contributed by atoms with Crippen molar-refractivity contribution in [3.63, 3.8) is 0 Å². The van der Waals surface area contributed by atoms with Gasteiger partial charge in [0.25, 0.3) is 0 Å².